The Balaban J connectivity index is 1.47. The van der Waals surface area contributed by atoms with E-state index in [1.165, 1.54) is 39.9 Å². The highest BCUT2D eigenvalue weighted by Gasteiger charge is 2.30. The number of aromatic nitrogens is 4. The van der Waals surface area contributed by atoms with Crippen LogP contribution >= 0.6 is 21.6 Å². The number of anilines is 2. The molecule has 24 heteroatoms. The summed E-state index contributed by atoms with van der Waals surface area (Å²) >= 11 is 0. The van der Waals surface area contributed by atoms with Gasteiger partial charge in [0, 0.05) is 35.7 Å². The molecule has 0 aliphatic carbocycles. The van der Waals surface area contributed by atoms with Crippen molar-refractivity contribution in [3.8, 4) is 0 Å². The molecule has 3 rings (SSSR count). The summed E-state index contributed by atoms with van der Waals surface area (Å²) in [6.07, 6.45) is 0.634. The molecule has 3 aromatic rings. The van der Waals surface area contributed by atoms with E-state index in [4.69, 9.17) is 11.5 Å². The van der Waals surface area contributed by atoms with E-state index in [1.807, 2.05) is 6.92 Å². The summed E-state index contributed by atoms with van der Waals surface area (Å²) in [4.78, 5) is 112. The van der Waals surface area contributed by atoms with Crippen molar-refractivity contribution in [1.82, 2.24) is 41.2 Å². The Morgan fingerprint density at radius 1 is 0.893 bits per heavy atom. The van der Waals surface area contributed by atoms with E-state index >= 15 is 0 Å². The first-order valence-corrected chi connectivity index (χ1v) is 19.3. The van der Waals surface area contributed by atoms with Gasteiger partial charge in [0.05, 0.1) is 24.9 Å². The number of H-pyrrole nitrogens is 1. The minimum absolute atomic E-state index is 0.00902. The Labute approximate surface area is 325 Å². The lowest BCUT2D eigenvalue weighted by atomic mass is 10.1. The first-order chi connectivity index (χ1) is 26.6. The molecule has 0 aliphatic rings. The molecular weight excluding hydrogens is 779 g/mol. The number of aromatic amines is 1. The van der Waals surface area contributed by atoms with Crippen molar-refractivity contribution < 1.29 is 48.9 Å². The minimum atomic E-state index is -1.68. The number of hydrogen-bond donors (Lipinski definition) is 11. The Morgan fingerprint density at radius 3 is 2.21 bits per heavy atom. The summed E-state index contributed by atoms with van der Waals surface area (Å²) in [7, 11) is 2.61. The van der Waals surface area contributed by atoms with Crippen LogP contribution in [0.3, 0.4) is 0 Å². The lowest BCUT2D eigenvalue weighted by Gasteiger charge is -2.22. The van der Waals surface area contributed by atoms with Gasteiger partial charge in [0.2, 0.25) is 23.7 Å². The number of fused-ring (bicyclic) bond motifs is 1. The average Bonchev–Trinajstić information content (AvgIpc) is 3.15. The van der Waals surface area contributed by atoms with Gasteiger partial charge in [-0.25, -0.2) is 19.6 Å². The molecule has 0 bridgehead atoms. The number of amides is 4. The number of rotatable bonds is 23. The van der Waals surface area contributed by atoms with Crippen LogP contribution in [0.1, 0.15) is 48.7 Å². The normalized spacial score (nSPS) is 13.0. The number of nitrogen functional groups attached to an aromatic ring is 1. The third-order valence-corrected chi connectivity index (χ3v) is 10.1. The van der Waals surface area contributed by atoms with Gasteiger partial charge in [-0.05, 0) is 37.1 Å². The van der Waals surface area contributed by atoms with Crippen molar-refractivity contribution in [2.45, 2.75) is 63.3 Å². The van der Waals surface area contributed by atoms with E-state index < -0.39 is 90.6 Å². The van der Waals surface area contributed by atoms with E-state index in [9.17, 15) is 53.7 Å². The second kappa shape index (κ2) is 21.8. The molecule has 302 valence electrons. The van der Waals surface area contributed by atoms with Crippen molar-refractivity contribution in [3.05, 3.63) is 52.1 Å². The quantitative estimate of drug-likeness (QED) is 0.0388. The molecule has 4 amide bonds. The van der Waals surface area contributed by atoms with Crippen LogP contribution < -0.4 is 43.6 Å². The number of nitrogens with two attached hydrogens (primary N) is 2. The zero-order chi connectivity index (χ0) is 41.4. The molecule has 13 N–H and O–H groups in total. The predicted molar refractivity (Wildman–Crippen MR) is 204 cm³/mol. The van der Waals surface area contributed by atoms with Crippen LogP contribution in [0, 0.1) is 0 Å². The zero-order valence-electron chi connectivity index (χ0n) is 29.8. The maximum Gasteiger partial charge on any atom is 0.327 e. The van der Waals surface area contributed by atoms with Crippen LogP contribution in [0.25, 0.3) is 11.2 Å². The fraction of sp³-hybridized carbons (Fsp3) is 0.406. The smallest absolute Gasteiger partial charge is 0.327 e. The topological polar surface area (TPSA) is 364 Å². The molecule has 0 saturated heterocycles. The number of carbonyl (C=O) groups excluding carboxylic acids is 4. The number of benzene rings is 1. The number of nitrogens with one attached hydrogen (secondary N) is 6. The third-order valence-electron chi connectivity index (χ3n) is 7.46. The molecule has 2 heterocycles. The Morgan fingerprint density at radius 2 is 1.57 bits per heavy atom. The summed E-state index contributed by atoms with van der Waals surface area (Å²) in [5, 5.41) is 40.5. The van der Waals surface area contributed by atoms with Crippen molar-refractivity contribution in [3.63, 3.8) is 0 Å². The average molecular weight is 820 g/mol. The van der Waals surface area contributed by atoms with Crippen LogP contribution in [0.15, 0.2) is 35.3 Å². The van der Waals surface area contributed by atoms with Crippen molar-refractivity contribution in [2.75, 3.05) is 29.1 Å². The monoisotopic (exact) mass is 819 g/mol. The second-order valence-corrected chi connectivity index (χ2v) is 14.5. The largest absolute Gasteiger partial charge is 0.481 e. The van der Waals surface area contributed by atoms with Gasteiger partial charge in [-0.2, -0.15) is 4.98 Å². The van der Waals surface area contributed by atoms with E-state index in [2.05, 4.69) is 46.5 Å². The van der Waals surface area contributed by atoms with Crippen LogP contribution in [0.5, 0.6) is 0 Å². The summed E-state index contributed by atoms with van der Waals surface area (Å²) in [5.74, 6) is -7.14. The van der Waals surface area contributed by atoms with Crippen LogP contribution in [-0.4, -0.2) is 119 Å². The molecule has 0 fully saturated rings. The van der Waals surface area contributed by atoms with Crippen LogP contribution in [0.4, 0.5) is 11.6 Å². The van der Waals surface area contributed by atoms with Gasteiger partial charge in [0.25, 0.3) is 11.5 Å². The maximum atomic E-state index is 12.8. The van der Waals surface area contributed by atoms with Gasteiger partial charge in [-0.1, -0.05) is 28.5 Å². The van der Waals surface area contributed by atoms with E-state index in [-0.39, 0.29) is 41.4 Å². The number of nitrogens with zero attached hydrogens (tertiary/aromatic N) is 3. The van der Waals surface area contributed by atoms with Crippen molar-refractivity contribution in [1.29, 1.82) is 0 Å². The van der Waals surface area contributed by atoms with Gasteiger partial charge in [0.1, 0.15) is 24.2 Å². The summed E-state index contributed by atoms with van der Waals surface area (Å²) < 4.78 is 0. The standard InChI is InChI=1S/C32H41N11O11S2/c1-2-9-55-56-14-21(31(53)54)41-28(49)20(10-23(45)46)40-27(48)18(33)13-36-22(44)8-7-19(30(51)52)39-26(47)15-3-5-16(6-4-15)35-11-17-12-37-25-24(38-17)29(50)43-32(34)42-25/h3-6,12,18-21,35H,2,7-11,13-14,33H2,1H3,(H,36,44)(H,39,47)(H,40,48)(H,41,49)(H,45,46)(H,51,52)(H,53,54)(H3,34,37,42,43,50). The highest BCUT2D eigenvalue weighted by Crippen LogP contribution is 2.22. The third kappa shape index (κ3) is 14.3. The van der Waals surface area contributed by atoms with Crippen molar-refractivity contribution >= 4 is 85.9 Å². The highest BCUT2D eigenvalue weighted by molar-refractivity contribution is 8.76. The Hall–Kier alpha value is -6.01. The Bertz CT molecular complexity index is 1970. The van der Waals surface area contributed by atoms with Gasteiger partial charge in [-0.15, -0.1) is 0 Å². The van der Waals surface area contributed by atoms with Gasteiger partial charge in [0.15, 0.2) is 11.2 Å². The van der Waals surface area contributed by atoms with Gasteiger partial charge >= 0.3 is 17.9 Å². The zero-order valence-corrected chi connectivity index (χ0v) is 31.4. The molecule has 1 aromatic carbocycles. The first-order valence-electron chi connectivity index (χ1n) is 16.8. The predicted octanol–water partition coefficient (Wildman–Crippen LogP) is -1.37. The molecule has 0 radical (unpaired) electrons. The highest BCUT2D eigenvalue weighted by atomic mass is 33.1. The van der Waals surface area contributed by atoms with Gasteiger partial charge < -0.3 is 53.4 Å². The number of carbonyl (C=O) groups is 7. The number of carboxylic acid groups (broad SMARTS) is 3. The number of carboxylic acids is 3. The molecule has 0 spiro atoms. The van der Waals surface area contributed by atoms with E-state index in [0.29, 0.717) is 11.4 Å². The fourth-order valence-corrected chi connectivity index (χ4v) is 6.83. The lowest BCUT2D eigenvalue weighted by molar-refractivity contribution is -0.143. The molecule has 0 aliphatic heterocycles. The minimum Gasteiger partial charge on any atom is -0.481 e. The SMILES string of the molecule is CCCSSCC(NC(=O)C(CC(=O)O)NC(=O)C(N)CNC(=O)CCC(NC(=O)c1ccc(NCc2cnc3nc(N)[nH]c(=O)c3n2)cc1)C(=O)O)C(=O)O. The molecule has 22 nitrogen and oxygen atoms in total. The molecule has 4 unspecified atom stereocenters. The van der Waals surface area contributed by atoms with Crippen LogP contribution in [-0.2, 0) is 35.3 Å². The molecule has 2 aromatic heterocycles. The molecule has 4 atom stereocenters. The second-order valence-electron chi connectivity index (χ2n) is 11.9. The fourth-order valence-electron chi connectivity index (χ4n) is 4.54. The molecule has 56 heavy (non-hydrogen) atoms. The summed E-state index contributed by atoms with van der Waals surface area (Å²) in [5.41, 5.74) is 12.0. The van der Waals surface area contributed by atoms with Crippen LogP contribution in [0.2, 0.25) is 0 Å². The summed E-state index contributed by atoms with van der Waals surface area (Å²) in [6.45, 7) is 1.61. The summed E-state index contributed by atoms with van der Waals surface area (Å²) in [6, 6.07) is -0.0237. The van der Waals surface area contributed by atoms with E-state index in [1.54, 1.807) is 12.1 Å². The maximum absolute atomic E-state index is 12.8. The molecule has 0 saturated carbocycles. The number of aliphatic carboxylic acids is 3. The lowest BCUT2D eigenvalue weighted by Crippen LogP contribution is -2.57. The van der Waals surface area contributed by atoms with Gasteiger partial charge in [-0.3, -0.25) is 33.8 Å². The molecular formula is C32H41N11O11S2. The Kier molecular flexibility index (Phi) is 17.3. The van der Waals surface area contributed by atoms with E-state index in [0.717, 1.165) is 12.2 Å². The number of hydrogen-bond acceptors (Lipinski definition) is 16. The van der Waals surface area contributed by atoms with Crippen molar-refractivity contribution in [2.24, 2.45) is 5.73 Å². The first kappa shape index (κ1) is 44.4.